The van der Waals surface area contributed by atoms with Gasteiger partial charge in [0.15, 0.2) is 0 Å². The minimum Gasteiger partial charge on any atom is -0.358 e. The van der Waals surface area contributed by atoms with Crippen molar-refractivity contribution in [2.75, 3.05) is 13.1 Å². The van der Waals surface area contributed by atoms with E-state index in [1.54, 1.807) is 4.90 Å². The number of aromatic amines is 1. The number of hydrogen-bond acceptors (Lipinski definition) is 2. The van der Waals surface area contributed by atoms with Crippen molar-refractivity contribution in [3.63, 3.8) is 0 Å². The van der Waals surface area contributed by atoms with Gasteiger partial charge in [0.25, 0.3) is 5.91 Å². The van der Waals surface area contributed by atoms with Crippen LogP contribution in [0.3, 0.4) is 0 Å². The Morgan fingerprint density at radius 1 is 1.21 bits per heavy atom. The van der Waals surface area contributed by atoms with Crippen molar-refractivity contribution in [3.8, 4) is 0 Å². The Kier molecular flexibility index (Phi) is 5.02. The van der Waals surface area contributed by atoms with Crippen LogP contribution in [0.2, 0.25) is 0 Å². The molecule has 0 saturated heterocycles. The van der Waals surface area contributed by atoms with Gasteiger partial charge < -0.3 is 15.2 Å². The number of carbonyl (C=O) groups excluding carboxylic acids is 2. The summed E-state index contributed by atoms with van der Waals surface area (Å²) < 4.78 is 0. The monoisotopic (exact) mass is 329 g/mol. The molecule has 2 amide bonds. The van der Waals surface area contributed by atoms with Gasteiger partial charge in [-0.2, -0.15) is 0 Å². The molecular formula is C19H27N3O2. The summed E-state index contributed by atoms with van der Waals surface area (Å²) in [5, 5.41) is 3.94. The smallest absolute Gasteiger partial charge is 0.254 e. The predicted molar refractivity (Wildman–Crippen MR) is 97.2 cm³/mol. The third kappa shape index (κ3) is 3.96. The standard InChI is InChI=1S/C19H27N3O2/c1-7-22(11-17(23)21-19(4,5)6)18(24)14-8-9-16-15(10-14)12(2)13(3)20-16/h8-10,20H,7,11H2,1-6H3,(H,21,23). The zero-order valence-electron chi connectivity index (χ0n) is 15.4. The maximum atomic E-state index is 12.8. The summed E-state index contributed by atoms with van der Waals surface area (Å²) in [6.07, 6.45) is 0. The van der Waals surface area contributed by atoms with Crippen LogP contribution in [0.15, 0.2) is 18.2 Å². The second-order valence-electron chi connectivity index (χ2n) is 7.25. The Labute approximate surface area is 143 Å². The average Bonchev–Trinajstić information content (AvgIpc) is 2.77. The molecule has 0 unspecified atom stereocenters. The molecule has 5 heteroatoms. The molecule has 24 heavy (non-hydrogen) atoms. The van der Waals surface area contributed by atoms with E-state index in [0.29, 0.717) is 12.1 Å². The number of rotatable bonds is 4. The summed E-state index contributed by atoms with van der Waals surface area (Å²) in [6, 6.07) is 5.64. The number of amides is 2. The van der Waals surface area contributed by atoms with E-state index in [-0.39, 0.29) is 23.9 Å². The van der Waals surface area contributed by atoms with Gasteiger partial charge in [-0.25, -0.2) is 0 Å². The van der Waals surface area contributed by atoms with Gasteiger partial charge in [-0.1, -0.05) is 0 Å². The van der Waals surface area contributed by atoms with Gasteiger partial charge in [0.05, 0.1) is 6.54 Å². The van der Waals surface area contributed by atoms with Crippen molar-refractivity contribution in [1.29, 1.82) is 0 Å². The number of aryl methyl sites for hydroxylation is 2. The molecule has 2 N–H and O–H groups in total. The maximum absolute atomic E-state index is 12.8. The fraction of sp³-hybridized carbons (Fsp3) is 0.474. The minimum absolute atomic E-state index is 0.0653. The lowest BCUT2D eigenvalue weighted by molar-refractivity contribution is -0.123. The molecule has 1 aromatic carbocycles. The number of aromatic nitrogens is 1. The number of benzene rings is 1. The summed E-state index contributed by atoms with van der Waals surface area (Å²) in [5.74, 6) is -0.269. The summed E-state index contributed by atoms with van der Waals surface area (Å²) in [5.41, 5.74) is 3.57. The lowest BCUT2D eigenvalue weighted by Crippen LogP contribution is -2.47. The van der Waals surface area contributed by atoms with Gasteiger partial charge in [0.2, 0.25) is 5.91 Å². The van der Waals surface area contributed by atoms with E-state index in [4.69, 9.17) is 0 Å². The number of carbonyl (C=O) groups is 2. The molecule has 0 saturated carbocycles. The molecule has 2 rings (SSSR count). The molecular weight excluding hydrogens is 302 g/mol. The van der Waals surface area contributed by atoms with E-state index >= 15 is 0 Å². The van der Waals surface area contributed by atoms with Gasteiger partial charge in [0, 0.05) is 34.2 Å². The highest BCUT2D eigenvalue weighted by Gasteiger charge is 2.21. The molecule has 0 fully saturated rings. The third-order valence-corrected chi connectivity index (χ3v) is 4.07. The van der Waals surface area contributed by atoms with Crippen LogP contribution in [-0.2, 0) is 4.79 Å². The van der Waals surface area contributed by atoms with Crippen molar-refractivity contribution in [2.45, 2.75) is 47.1 Å². The SMILES string of the molecule is CCN(CC(=O)NC(C)(C)C)C(=O)c1ccc2[nH]c(C)c(C)c2c1. The van der Waals surface area contributed by atoms with Crippen molar-refractivity contribution in [3.05, 3.63) is 35.0 Å². The molecule has 0 bridgehead atoms. The third-order valence-electron chi connectivity index (χ3n) is 4.07. The highest BCUT2D eigenvalue weighted by molar-refractivity contribution is 6.00. The van der Waals surface area contributed by atoms with Gasteiger partial charge in [-0.3, -0.25) is 9.59 Å². The molecule has 0 atom stereocenters. The van der Waals surface area contributed by atoms with Crippen LogP contribution < -0.4 is 5.32 Å². The zero-order chi connectivity index (χ0) is 18.1. The normalized spacial score (nSPS) is 11.6. The summed E-state index contributed by atoms with van der Waals surface area (Å²) in [7, 11) is 0. The van der Waals surface area contributed by atoms with Crippen LogP contribution in [0.1, 0.15) is 49.3 Å². The van der Waals surface area contributed by atoms with Gasteiger partial charge in [-0.05, 0) is 65.3 Å². The Balaban J connectivity index is 2.22. The van der Waals surface area contributed by atoms with Crippen LogP contribution in [0.5, 0.6) is 0 Å². The molecule has 0 spiro atoms. The Morgan fingerprint density at radius 2 is 1.88 bits per heavy atom. The maximum Gasteiger partial charge on any atom is 0.254 e. The van der Waals surface area contributed by atoms with Crippen LogP contribution in [0, 0.1) is 13.8 Å². The van der Waals surface area contributed by atoms with Crippen LogP contribution in [-0.4, -0.2) is 40.3 Å². The first-order chi connectivity index (χ1) is 11.1. The number of H-pyrrole nitrogens is 1. The summed E-state index contributed by atoms with van der Waals surface area (Å²) in [6.45, 7) is 12.3. The lowest BCUT2D eigenvalue weighted by atomic mass is 10.1. The quantitative estimate of drug-likeness (QED) is 0.905. The molecule has 130 valence electrons. The highest BCUT2D eigenvalue weighted by Crippen LogP contribution is 2.23. The fourth-order valence-corrected chi connectivity index (χ4v) is 2.74. The predicted octanol–water partition coefficient (Wildman–Crippen LogP) is 3.16. The second kappa shape index (κ2) is 6.67. The number of nitrogens with one attached hydrogen (secondary N) is 2. The van der Waals surface area contributed by atoms with E-state index in [9.17, 15) is 9.59 Å². The molecule has 0 aliphatic heterocycles. The van der Waals surface area contributed by atoms with Crippen molar-refractivity contribution < 1.29 is 9.59 Å². The lowest BCUT2D eigenvalue weighted by Gasteiger charge is -2.25. The first kappa shape index (κ1) is 18.0. The van der Waals surface area contributed by atoms with E-state index < -0.39 is 0 Å². The second-order valence-corrected chi connectivity index (χ2v) is 7.25. The molecule has 5 nitrogen and oxygen atoms in total. The van der Waals surface area contributed by atoms with Crippen LogP contribution in [0.4, 0.5) is 0 Å². The fourth-order valence-electron chi connectivity index (χ4n) is 2.74. The zero-order valence-corrected chi connectivity index (χ0v) is 15.4. The molecule has 1 heterocycles. The molecule has 0 radical (unpaired) electrons. The Hall–Kier alpha value is -2.30. The molecule has 0 aliphatic carbocycles. The van der Waals surface area contributed by atoms with Crippen molar-refractivity contribution in [2.24, 2.45) is 0 Å². The molecule has 0 aliphatic rings. The van der Waals surface area contributed by atoms with E-state index in [1.807, 2.05) is 59.7 Å². The largest absolute Gasteiger partial charge is 0.358 e. The molecule has 2 aromatic rings. The highest BCUT2D eigenvalue weighted by atomic mass is 16.2. The van der Waals surface area contributed by atoms with Crippen LogP contribution >= 0.6 is 0 Å². The van der Waals surface area contributed by atoms with Crippen molar-refractivity contribution in [1.82, 2.24) is 15.2 Å². The van der Waals surface area contributed by atoms with Crippen LogP contribution in [0.25, 0.3) is 10.9 Å². The Morgan fingerprint density at radius 3 is 2.46 bits per heavy atom. The van der Waals surface area contributed by atoms with E-state index in [1.165, 1.54) is 0 Å². The minimum atomic E-state index is -0.307. The van der Waals surface area contributed by atoms with E-state index in [0.717, 1.165) is 22.2 Å². The number of likely N-dealkylation sites (N-methyl/N-ethyl adjacent to an activating group) is 1. The first-order valence-electron chi connectivity index (χ1n) is 8.31. The molecule has 1 aromatic heterocycles. The summed E-state index contributed by atoms with van der Waals surface area (Å²) in [4.78, 5) is 29.8. The Bertz CT molecular complexity index is 769. The van der Waals surface area contributed by atoms with Gasteiger partial charge in [0.1, 0.15) is 0 Å². The topological polar surface area (TPSA) is 65.2 Å². The number of hydrogen-bond donors (Lipinski definition) is 2. The first-order valence-corrected chi connectivity index (χ1v) is 8.31. The van der Waals surface area contributed by atoms with Gasteiger partial charge >= 0.3 is 0 Å². The van der Waals surface area contributed by atoms with Gasteiger partial charge in [-0.15, -0.1) is 0 Å². The average molecular weight is 329 g/mol. The van der Waals surface area contributed by atoms with E-state index in [2.05, 4.69) is 10.3 Å². The number of fused-ring (bicyclic) bond motifs is 1. The van der Waals surface area contributed by atoms with Crippen molar-refractivity contribution >= 4 is 22.7 Å². The number of nitrogens with zero attached hydrogens (tertiary/aromatic N) is 1. The summed E-state index contributed by atoms with van der Waals surface area (Å²) >= 11 is 0.